The van der Waals surface area contributed by atoms with Crippen LogP contribution >= 0.6 is 11.8 Å². The number of hydrogen-bond acceptors (Lipinski definition) is 4. The highest BCUT2D eigenvalue weighted by Crippen LogP contribution is 2.15. The van der Waals surface area contributed by atoms with Gasteiger partial charge in [0.1, 0.15) is 6.04 Å². The van der Waals surface area contributed by atoms with E-state index in [1.54, 1.807) is 23.9 Å². The fourth-order valence-corrected chi connectivity index (χ4v) is 1.59. The Hall–Kier alpha value is -1.33. The molecule has 5 heteroatoms. The van der Waals surface area contributed by atoms with Crippen molar-refractivity contribution in [2.24, 2.45) is 5.73 Å². The van der Waals surface area contributed by atoms with Gasteiger partial charge in [-0.25, -0.2) is 0 Å². The highest BCUT2D eigenvalue weighted by molar-refractivity contribution is 7.98. The summed E-state index contributed by atoms with van der Waals surface area (Å²) in [5.74, 6) is -1.41. The largest absolute Gasteiger partial charge is 0.480 e. The number of rotatable bonds is 5. The van der Waals surface area contributed by atoms with Crippen LogP contribution in [0.15, 0.2) is 29.2 Å². The van der Waals surface area contributed by atoms with E-state index in [0.29, 0.717) is 5.56 Å². The minimum Gasteiger partial charge on any atom is -0.480 e. The number of nitrogens with two attached hydrogens (primary N) is 1. The SMILES string of the molecule is CSc1ccc(C(=O)C[C@@H](N)C(=O)O)cc1. The van der Waals surface area contributed by atoms with Crippen molar-refractivity contribution in [2.75, 3.05) is 6.26 Å². The number of ketones is 1. The maximum Gasteiger partial charge on any atom is 0.320 e. The number of carboxylic acid groups (broad SMARTS) is 1. The lowest BCUT2D eigenvalue weighted by Gasteiger charge is -2.05. The second-order valence-electron chi connectivity index (χ2n) is 3.30. The quantitative estimate of drug-likeness (QED) is 0.599. The van der Waals surface area contributed by atoms with E-state index < -0.39 is 12.0 Å². The van der Waals surface area contributed by atoms with Crippen molar-refractivity contribution < 1.29 is 14.7 Å². The first-order valence-corrected chi connectivity index (χ1v) is 5.92. The number of carbonyl (C=O) groups excluding carboxylic acids is 1. The Morgan fingerprint density at radius 2 is 1.94 bits per heavy atom. The third-order valence-corrected chi connectivity index (χ3v) is 2.88. The van der Waals surface area contributed by atoms with Crippen LogP contribution in [0, 0.1) is 0 Å². The average molecular weight is 239 g/mol. The minimum absolute atomic E-state index is 0.173. The molecule has 1 rings (SSSR count). The number of hydrogen-bond donors (Lipinski definition) is 2. The van der Waals surface area contributed by atoms with E-state index in [9.17, 15) is 9.59 Å². The van der Waals surface area contributed by atoms with Crippen LogP contribution < -0.4 is 5.73 Å². The van der Waals surface area contributed by atoms with E-state index in [2.05, 4.69) is 0 Å². The van der Waals surface area contributed by atoms with Crippen LogP contribution in [-0.4, -0.2) is 29.2 Å². The summed E-state index contributed by atoms with van der Waals surface area (Å²) in [5.41, 5.74) is 5.78. The maximum atomic E-state index is 11.6. The predicted molar refractivity (Wildman–Crippen MR) is 62.8 cm³/mol. The van der Waals surface area contributed by atoms with Crippen molar-refractivity contribution in [3.8, 4) is 0 Å². The molecule has 0 saturated carbocycles. The molecule has 0 unspecified atom stereocenters. The predicted octanol–water partition coefficient (Wildman–Crippen LogP) is 1.39. The Morgan fingerprint density at radius 1 is 1.38 bits per heavy atom. The Bertz CT molecular complexity index is 389. The van der Waals surface area contributed by atoms with Gasteiger partial charge in [-0.1, -0.05) is 12.1 Å². The van der Waals surface area contributed by atoms with E-state index in [4.69, 9.17) is 10.8 Å². The second-order valence-corrected chi connectivity index (χ2v) is 4.18. The third-order valence-electron chi connectivity index (χ3n) is 2.13. The standard InChI is InChI=1S/C11H13NO3S/c1-16-8-4-2-7(3-5-8)10(13)6-9(12)11(14)15/h2-5,9H,6,12H2,1H3,(H,14,15)/t9-/m1/s1. The first-order chi connectivity index (χ1) is 7.54. The van der Waals surface area contributed by atoms with Gasteiger partial charge >= 0.3 is 5.97 Å². The lowest BCUT2D eigenvalue weighted by molar-refractivity contribution is -0.138. The maximum absolute atomic E-state index is 11.6. The molecule has 0 spiro atoms. The summed E-state index contributed by atoms with van der Waals surface area (Å²) in [6, 6.07) is 5.88. The molecule has 0 heterocycles. The van der Waals surface area contributed by atoms with Crippen LogP contribution in [-0.2, 0) is 4.79 Å². The van der Waals surface area contributed by atoms with Gasteiger partial charge in [0, 0.05) is 16.9 Å². The summed E-state index contributed by atoms with van der Waals surface area (Å²) >= 11 is 1.58. The van der Waals surface area contributed by atoms with Gasteiger partial charge in [-0.15, -0.1) is 11.8 Å². The van der Waals surface area contributed by atoms with E-state index in [0.717, 1.165) is 4.90 Å². The molecule has 86 valence electrons. The number of aliphatic carboxylic acids is 1. The summed E-state index contributed by atoms with van der Waals surface area (Å²) in [5, 5.41) is 8.58. The van der Waals surface area contributed by atoms with Gasteiger partial charge < -0.3 is 10.8 Å². The third kappa shape index (κ3) is 3.36. The van der Waals surface area contributed by atoms with Crippen molar-refractivity contribution in [3.63, 3.8) is 0 Å². The van der Waals surface area contributed by atoms with E-state index in [1.807, 2.05) is 18.4 Å². The molecule has 16 heavy (non-hydrogen) atoms. The van der Waals surface area contributed by atoms with Crippen LogP contribution in [0.4, 0.5) is 0 Å². The number of thioether (sulfide) groups is 1. The van der Waals surface area contributed by atoms with Gasteiger partial charge in [0.25, 0.3) is 0 Å². The van der Waals surface area contributed by atoms with Crippen LogP contribution in [0.25, 0.3) is 0 Å². The van der Waals surface area contributed by atoms with Gasteiger partial charge in [-0.2, -0.15) is 0 Å². The number of benzene rings is 1. The molecule has 0 saturated heterocycles. The number of carboxylic acids is 1. The smallest absolute Gasteiger partial charge is 0.320 e. The Morgan fingerprint density at radius 3 is 2.38 bits per heavy atom. The van der Waals surface area contributed by atoms with Crippen molar-refractivity contribution in [3.05, 3.63) is 29.8 Å². The molecule has 0 aliphatic rings. The molecule has 0 radical (unpaired) electrons. The topological polar surface area (TPSA) is 80.4 Å². The van der Waals surface area contributed by atoms with Crippen LogP contribution in [0.3, 0.4) is 0 Å². The van der Waals surface area contributed by atoms with Gasteiger partial charge in [0.15, 0.2) is 5.78 Å². The monoisotopic (exact) mass is 239 g/mol. The summed E-state index contributed by atoms with van der Waals surface area (Å²) in [6.07, 6.45) is 1.77. The Kier molecular flexibility index (Phi) is 4.52. The van der Waals surface area contributed by atoms with Crippen molar-refractivity contribution in [1.29, 1.82) is 0 Å². The fourth-order valence-electron chi connectivity index (χ4n) is 1.18. The van der Waals surface area contributed by atoms with Crippen LogP contribution in [0.5, 0.6) is 0 Å². The molecule has 1 aromatic carbocycles. The van der Waals surface area contributed by atoms with E-state index in [1.165, 1.54) is 0 Å². The highest BCUT2D eigenvalue weighted by atomic mass is 32.2. The summed E-state index contributed by atoms with van der Waals surface area (Å²) in [4.78, 5) is 23.1. The average Bonchev–Trinajstić information content (AvgIpc) is 2.28. The lowest BCUT2D eigenvalue weighted by Crippen LogP contribution is -2.32. The highest BCUT2D eigenvalue weighted by Gasteiger charge is 2.17. The molecule has 1 atom stereocenters. The van der Waals surface area contributed by atoms with Gasteiger partial charge in [0.05, 0.1) is 0 Å². The molecule has 0 aromatic heterocycles. The van der Waals surface area contributed by atoms with Crippen LogP contribution in [0.2, 0.25) is 0 Å². The normalized spacial score (nSPS) is 12.1. The minimum atomic E-state index is -1.16. The zero-order valence-corrected chi connectivity index (χ0v) is 9.66. The van der Waals surface area contributed by atoms with Crippen molar-refractivity contribution in [2.45, 2.75) is 17.4 Å². The summed E-state index contributed by atoms with van der Waals surface area (Å²) < 4.78 is 0. The first kappa shape index (κ1) is 12.7. The molecule has 0 fully saturated rings. The lowest BCUT2D eigenvalue weighted by atomic mass is 10.0. The molecule has 3 N–H and O–H groups in total. The first-order valence-electron chi connectivity index (χ1n) is 4.70. The summed E-state index contributed by atoms with van der Waals surface area (Å²) in [7, 11) is 0. The number of carbonyl (C=O) groups is 2. The second kappa shape index (κ2) is 5.67. The van der Waals surface area contributed by atoms with Crippen molar-refractivity contribution in [1.82, 2.24) is 0 Å². The molecule has 1 aromatic rings. The molecular weight excluding hydrogens is 226 g/mol. The van der Waals surface area contributed by atoms with Crippen molar-refractivity contribution >= 4 is 23.5 Å². The van der Waals surface area contributed by atoms with Gasteiger partial charge in [-0.05, 0) is 18.4 Å². The molecule has 0 amide bonds. The Labute approximate surface area is 97.8 Å². The van der Waals surface area contributed by atoms with E-state index >= 15 is 0 Å². The van der Waals surface area contributed by atoms with Gasteiger partial charge in [0.2, 0.25) is 0 Å². The molecule has 0 bridgehead atoms. The molecule has 4 nitrogen and oxygen atoms in total. The molecular formula is C11H13NO3S. The van der Waals surface area contributed by atoms with Gasteiger partial charge in [-0.3, -0.25) is 9.59 Å². The van der Waals surface area contributed by atoms with E-state index in [-0.39, 0.29) is 12.2 Å². The Balaban J connectivity index is 2.69. The van der Waals surface area contributed by atoms with Crippen LogP contribution in [0.1, 0.15) is 16.8 Å². The molecule has 0 aliphatic heterocycles. The zero-order chi connectivity index (χ0) is 12.1. The summed E-state index contributed by atoms with van der Waals surface area (Å²) in [6.45, 7) is 0. The fraction of sp³-hybridized carbons (Fsp3) is 0.273. The molecule has 0 aliphatic carbocycles. The zero-order valence-electron chi connectivity index (χ0n) is 8.84. The number of Topliss-reactive ketones (excluding diaryl/α,β-unsaturated/α-hetero) is 1.